The molecule has 6 nitrogen and oxygen atoms in total. The molecule has 15 aromatic rings. The van der Waals surface area contributed by atoms with Gasteiger partial charge in [-0.1, -0.05) is 301 Å². The first-order valence-corrected chi connectivity index (χ1v) is 36.3. The smallest absolute Gasteiger partial charge is 0.252 e. The van der Waals surface area contributed by atoms with E-state index in [9.17, 15) is 2.74 Å². The minimum Gasteiger partial charge on any atom is -0.311 e. The fraction of sp³-hybridized carbons (Fsp3) is 0.165. The molecule has 0 fully saturated rings. The van der Waals surface area contributed by atoms with Gasteiger partial charge in [0.2, 0.25) is 0 Å². The van der Waals surface area contributed by atoms with Gasteiger partial charge in [-0.3, -0.25) is 0 Å². The Morgan fingerprint density at radius 3 is 1.26 bits per heavy atom. The molecule has 7 heteroatoms. The van der Waals surface area contributed by atoms with Crippen LogP contribution >= 0.6 is 0 Å². The van der Waals surface area contributed by atoms with Gasteiger partial charge in [-0.15, -0.1) is 0 Å². The van der Waals surface area contributed by atoms with E-state index in [1.165, 1.54) is 21.9 Å². The molecule has 13 aromatic carbocycles. The minimum absolute atomic E-state index is 0.121. The minimum atomic E-state index is -0.472. The quantitative estimate of drug-likeness (QED) is 0.128. The normalized spacial score (nSPS) is 13.6. The lowest BCUT2D eigenvalue weighted by molar-refractivity contribution is 0.590. The Hall–Kier alpha value is -11.7. The highest BCUT2D eigenvalue weighted by Gasteiger charge is 2.46. The summed E-state index contributed by atoms with van der Waals surface area (Å²) >= 11 is 0. The Balaban J connectivity index is 1.06. The van der Waals surface area contributed by atoms with Crippen molar-refractivity contribution in [3.63, 3.8) is 0 Å². The molecule has 2 aromatic heterocycles. The number of fused-ring (bicyclic) bond motifs is 7. The highest BCUT2D eigenvalue weighted by Crippen LogP contribution is 2.54. The Morgan fingerprint density at radius 1 is 0.298 bits per heavy atom. The van der Waals surface area contributed by atoms with Crippen LogP contribution in [0, 0.1) is 0 Å². The number of nitrogens with zero attached hydrogens (tertiary/aromatic N) is 6. The zero-order valence-electron chi connectivity index (χ0n) is 66.2. The predicted molar refractivity (Wildman–Crippen MR) is 441 cm³/mol. The Kier molecular flexibility index (Phi) is 14.5. The molecule has 2 aliphatic rings. The molecule has 0 unspecified atom stereocenters. The second-order valence-corrected chi connectivity index (χ2v) is 32.1. The maximum absolute atomic E-state index is 9.57. The van der Waals surface area contributed by atoms with Crippen LogP contribution in [0.3, 0.4) is 0 Å². The average molecular weight is 1350 g/mol. The van der Waals surface area contributed by atoms with Crippen molar-refractivity contribution >= 4 is 79.0 Å². The highest BCUT2D eigenvalue weighted by atomic mass is 15.2. The third kappa shape index (κ3) is 11.6. The summed E-state index contributed by atoms with van der Waals surface area (Å²) in [6, 6.07) is 94.3. The van der Waals surface area contributed by atoms with E-state index in [1.807, 2.05) is 48.5 Å². The summed E-state index contributed by atoms with van der Waals surface area (Å²) in [7, 11) is 0. The Labute approximate surface area is 620 Å². The van der Waals surface area contributed by atoms with Crippen molar-refractivity contribution in [2.45, 2.75) is 105 Å². The molecule has 4 heterocycles. The summed E-state index contributed by atoms with van der Waals surface area (Å²) in [6.07, 6.45) is 0. The summed E-state index contributed by atoms with van der Waals surface area (Å²) in [6.45, 7) is 27.0. The van der Waals surface area contributed by atoms with Crippen LogP contribution in [-0.4, -0.2) is 26.2 Å². The van der Waals surface area contributed by atoms with Gasteiger partial charge in [0.05, 0.1) is 29.3 Å². The van der Waals surface area contributed by atoms with Crippen molar-refractivity contribution in [1.29, 1.82) is 0 Å². The van der Waals surface area contributed by atoms with Crippen LogP contribution in [-0.2, 0) is 21.7 Å². The molecule has 506 valence electrons. The monoisotopic (exact) mass is 1350 g/mol. The summed E-state index contributed by atoms with van der Waals surface area (Å²) in [4.78, 5) is 21.7. The van der Waals surface area contributed by atoms with Crippen molar-refractivity contribution in [3.8, 4) is 84.4 Å². The van der Waals surface area contributed by atoms with Crippen LogP contribution in [0.25, 0.3) is 106 Å². The van der Waals surface area contributed by atoms with E-state index in [0.717, 1.165) is 128 Å². The van der Waals surface area contributed by atoms with Crippen molar-refractivity contribution in [2.24, 2.45) is 0 Å². The summed E-state index contributed by atoms with van der Waals surface area (Å²) in [5, 5.41) is 2.36. The van der Waals surface area contributed by atoms with Gasteiger partial charge in [0.15, 0.2) is 17.5 Å². The maximum atomic E-state index is 9.57. The summed E-state index contributed by atoms with van der Waals surface area (Å²) in [5.41, 5.74) is 24.5. The molecular weight excluding hydrogens is 1260 g/mol. The second kappa shape index (κ2) is 25.1. The largest absolute Gasteiger partial charge is 0.311 e. The molecule has 2 aliphatic heterocycles. The lowest BCUT2D eigenvalue weighted by atomic mass is 9.33. The van der Waals surface area contributed by atoms with E-state index in [-0.39, 0.29) is 33.9 Å². The first-order valence-electron chi connectivity index (χ1n) is 38.8. The van der Waals surface area contributed by atoms with Crippen LogP contribution in [0.5, 0.6) is 0 Å². The van der Waals surface area contributed by atoms with Gasteiger partial charge in [0.1, 0.15) is 0 Å². The highest BCUT2D eigenvalue weighted by molar-refractivity contribution is 7.00. The van der Waals surface area contributed by atoms with Gasteiger partial charge in [-0.2, -0.15) is 0 Å². The van der Waals surface area contributed by atoms with E-state index in [0.29, 0.717) is 23.0 Å². The fourth-order valence-corrected chi connectivity index (χ4v) is 15.5. The molecule has 104 heavy (non-hydrogen) atoms. The summed E-state index contributed by atoms with van der Waals surface area (Å²) in [5.74, 6) is 1.60. The van der Waals surface area contributed by atoms with Gasteiger partial charge in [-0.05, 0) is 173 Å². The fourth-order valence-electron chi connectivity index (χ4n) is 15.5. The number of rotatable bonds is 10. The Bertz CT molecular complexity index is 6000. The predicted octanol–water partition coefficient (Wildman–Crippen LogP) is 23.9. The molecule has 17 rings (SSSR count). The van der Waals surface area contributed by atoms with Crippen LogP contribution < -0.4 is 26.2 Å². The van der Waals surface area contributed by atoms with Gasteiger partial charge in [-0.25, -0.2) is 15.0 Å². The standard InChI is InChI=1S/C97H85BN6/c1-94(2,3)70-45-51-83-77(55-70)78-56-71(95(4,5)6)46-52-84(78)102(83)74-47-49-81-86(61-74)104(90-76(65-37-25-16-26-38-65)57-72(96(7,8)9)58-79(90)93-100-91(66-39-27-17-28-40-66)99-92(101-93)67-41-29-18-30-42-67)88-60-73(97(10,11)12)59-87-89(88)98(81)80-48-43-69(63-33-21-14-22-34-63)54-85(80)103(87)82-50-44-68(62-31-19-13-20-32-62)53-75(82)64-35-23-15-24-36-64/h13-61H,1-12H3/i14D,21D,22D,33D,34D. The second-order valence-electron chi connectivity index (χ2n) is 32.1. The summed E-state index contributed by atoms with van der Waals surface area (Å²) < 4.78 is 48.6. The lowest BCUT2D eigenvalue weighted by Crippen LogP contribution is -2.61. The van der Waals surface area contributed by atoms with Crippen LogP contribution in [0.2, 0.25) is 0 Å². The van der Waals surface area contributed by atoms with E-state index in [2.05, 4.69) is 316 Å². The van der Waals surface area contributed by atoms with E-state index >= 15 is 0 Å². The molecule has 0 saturated heterocycles. The number of benzene rings is 13. The zero-order chi connectivity index (χ0) is 75.9. The number of hydrogen-bond donors (Lipinski definition) is 0. The van der Waals surface area contributed by atoms with Gasteiger partial charge in [0, 0.05) is 67.0 Å². The molecule has 0 radical (unpaired) electrons. The molecule has 0 bridgehead atoms. The molecule has 0 amide bonds. The van der Waals surface area contributed by atoms with E-state index in [4.69, 9.17) is 19.1 Å². The topological polar surface area (TPSA) is 50.1 Å². The van der Waals surface area contributed by atoms with Crippen molar-refractivity contribution < 1.29 is 6.85 Å². The van der Waals surface area contributed by atoms with Crippen LogP contribution in [0.1, 0.15) is 112 Å². The van der Waals surface area contributed by atoms with Crippen LogP contribution in [0.4, 0.5) is 34.1 Å². The van der Waals surface area contributed by atoms with Gasteiger partial charge >= 0.3 is 0 Å². The first kappa shape index (κ1) is 60.0. The van der Waals surface area contributed by atoms with Gasteiger partial charge in [0.25, 0.3) is 6.71 Å². The number of aromatic nitrogens is 4. The Morgan fingerprint density at radius 2 is 0.731 bits per heavy atom. The lowest BCUT2D eigenvalue weighted by Gasteiger charge is -2.46. The van der Waals surface area contributed by atoms with Crippen molar-refractivity contribution in [2.75, 3.05) is 9.80 Å². The van der Waals surface area contributed by atoms with Crippen molar-refractivity contribution in [3.05, 3.63) is 319 Å². The SMILES string of the molecule is [2H]c1c([2H])c([2H])c(-c2ccc3c(c2)N(c2ccc(-c4ccccc4)cc2-c2ccccc2)c2cc(C(C)(C)C)cc4c2B3c2ccc(-n3c5ccc(C(C)(C)C)cc5c5cc(C(C)(C)C)ccc53)cc2N4c2c(-c3ccccc3)cc(C(C)(C)C)cc2-c2nc(-c3ccccc3)nc(-c3ccccc3)n2)c([2H])c1[2H]. The van der Waals surface area contributed by atoms with Gasteiger partial charge < -0.3 is 14.4 Å². The molecule has 0 atom stereocenters. The molecule has 0 aliphatic carbocycles. The number of hydrogen-bond acceptors (Lipinski definition) is 5. The average Bonchev–Trinajstić information content (AvgIpc) is 0.969. The molecule has 0 spiro atoms. The third-order valence-corrected chi connectivity index (χ3v) is 21.1. The maximum Gasteiger partial charge on any atom is 0.252 e. The first-order chi connectivity index (χ1) is 52.2. The van der Waals surface area contributed by atoms with Crippen molar-refractivity contribution in [1.82, 2.24) is 19.5 Å². The molecule has 0 saturated carbocycles. The molecular formula is C97H85BN6. The zero-order valence-corrected chi connectivity index (χ0v) is 61.2. The molecule has 0 N–H and O–H groups in total. The van der Waals surface area contributed by atoms with E-state index in [1.54, 1.807) is 0 Å². The third-order valence-electron chi connectivity index (χ3n) is 21.1. The van der Waals surface area contributed by atoms with Crippen LogP contribution in [0.15, 0.2) is 297 Å². The van der Waals surface area contributed by atoms with E-state index < -0.39 is 30.3 Å². The number of anilines is 6.